The van der Waals surface area contributed by atoms with Crippen molar-refractivity contribution in [2.24, 2.45) is 5.92 Å². The second kappa shape index (κ2) is 6.23. The van der Waals surface area contributed by atoms with Gasteiger partial charge in [-0.3, -0.25) is 0 Å². The molecule has 0 aliphatic heterocycles. The summed E-state index contributed by atoms with van der Waals surface area (Å²) in [5.41, 5.74) is 6.40. The largest absolute Gasteiger partial charge is 0.394 e. The molecule has 1 aliphatic carbocycles. The first-order valence-electron chi connectivity index (χ1n) is 6.73. The van der Waals surface area contributed by atoms with Crippen LogP contribution in [0.5, 0.6) is 0 Å². The van der Waals surface area contributed by atoms with Gasteiger partial charge in [0.05, 0.1) is 11.9 Å². The summed E-state index contributed by atoms with van der Waals surface area (Å²) in [7, 11) is 0. The molecule has 0 aromatic carbocycles. The number of aromatic nitrogens is 2. The maximum atomic E-state index is 5.84. The standard InChI is InChI=1S/C13H21ClN4/c1-2-3-9-4-6-10(7-5-9)17-12-11(15)8-16-13(14)18-12/h8-10H,2-7,15H2,1H3,(H,16,17,18). The van der Waals surface area contributed by atoms with Gasteiger partial charge in [0.1, 0.15) is 0 Å². The van der Waals surface area contributed by atoms with E-state index in [1.807, 2.05) is 0 Å². The number of anilines is 2. The molecule has 0 radical (unpaired) electrons. The molecule has 0 saturated heterocycles. The van der Waals surface area contributed by atoms with Gasteiger partial charge in [0.15, 0.2) is 5.82 Å². The highest BCUT2D eigenvalue weighted by Crippen LogP contribution is 2.30. The topological polar surface area (TPSA) is 63.8 Å². The Balaban J connectivity index is 1.89. The third-order valence-corrected chi connectivity index (χ3v) is 3.85. The average molecular weight is 269 g/mol. The smallest absolute Gasteiger partial charge is 0.224 e. The molecule has 4 nitrogen and oxygen atoms in total. The molecule has 5 heteroatoms. The minimum absolute atomic E-state index is 0.242. The minimum atomic E-state index is 0.242. The maximum absolute atomic E-state index is 5.84. The van der Waals surface area contributed by atoms with E-state index in [-0.39, 0.29) is 5.28 Å². The number of nitrogens with zero attached hydrogens (tertiary/aromatic N) is 2. The second-order valence-corrected chi connectivity index (χ2v) is 5.43. The Morgan fingerprint density at radius 1 is 1.39 bits per heavy atom. The zero-order valence-corrected chi connectivity index (χ0v) is 11.6. The van der Waals surface area contributed by atoms with E-state index in [9.17, 15) is 0 Å². The Labute approximate surface area is 113 Å². The van der Waals surface area contributed by atoms with Crippen LogP contribution in [0.2, 0.25) is 5.28 Å². The lowest BCUT2D eigenvalue weighted by molar-refractivity contribution is 0.318. The molecule has 100 valence electrons. The Morgan fingerprint density at radius 3 is 2.78 bits per heavy atom. The van der Waals surface area contributed by atoms with E-state index in [1.54, 1.807) is 6.20 Å². The van der Waals surface area contributed by atoms with Gasteiger partial charge in [-0.1, -0.05) is 19.8 Å². The molecule has 1 aromatic rings. The number of nitrogen functional groups attached to an aromatic ring is 1. The van der Waals surface area contributed by atoms with Gasteiger partial charge in [0.2, 0.25) is 5.28 Å². The Bertz CT molecular complexity index is 389. The Morgan fingerprint density at radius 2 is 2.11 bits per heavy atom. The van der Waals surface area contributed by atoms with Crippen molar-refractivity contribution in [1.29, 1.82) is 0 Å². The summed E-state index contributed by atoms with van der Waals surface area (Å²) in [4.78, 5) is 8.00. The van der Waals surface area contributed by atoms with E-state index < -0.39 is 0 Å². The fraction of sp³-hybridized carbons (Fsp3) is 0.692. The fourth-order valence-corrected chi connectivity index (χ4v) is 2.82. The predicted molar refractivity (Wildman–Crippen MR) is 75.7 cm³/mol. The van der Waals surface area contributed by atoms with Crippen LogP contribution in [0, 0.1) is 5.92 Å². The van der Waals surface area contributed by atoms with E-state index in [4.69, 9.17) is 17.3 Å². The molecular weight excluding hydrogens is 248 g/mol. The van der Waals surface area contributed by atoms with Gasteiger partial charge in [-0.2, -0.15) is 4.98 Å². The molecule has 1 saturated carbocycles. The summed E-state index contributed by atoms with van der Waals surface area (Å²) in [6.07, 6.45) is 9.16. The van der Waals surface area contributed by atoms with Crippen LogP contribution in [0.4, 0.5) is 11.5 Å². The summed E-state index contributed by atoms with van der Waals surface area (Å²) in [5, 5.41) is 3.63. The molecule has 1 aromatic heterocycles. The molecule has 0 spiro atoms. The summed E-state index contributed by atoms with van der Waals surface area (Å²) in [6.45, 7) is 2.26. The summed E-state index contributed by atoms with van der Waals surface area (Å²) in [6, 6.07) is 0.464. The van der Waals surface area contributed by atoms with Crippen LogP contribution in [-0.2, 0) is 0 Å². The van der Waals surface area contributed by atoms with Crippen LogP contribution in [0.25, 0.3) is 0 Å². The number of nitrogens with two attached hydrogens (primary N) is 1. The lowest BCUT2D eigenvalue weighted by atomic mass is 9.83. The van der Waals surface area contributed by atoms with E-state index in [0.717, 1.165) is 5.92 Å². The van der Waals surface area contributed by atoms with Crippen molar-refractivity contribution >= 4 is 23.1 Å². The molecule has 1 fully saturated rings. The zero-order valence-electron chi connectivity index (χ0n) is 10.8. The second-order valence-electron chi connectivity index (χ2n) is 5.09. The summed E-state index contributed by atoms with van der Waals surface area (Å²) < 4.78 is 0. The number of hydrogen-bond acceptors (Lipinski definition) is 4. The van der Waals surface area contributed by atoms with Gasteiger partial charge < -0.3 is 11.1 Å². The van der Waals surface area contributed by atoms with E-state index in [2.05, 4.69) is 22.2 Å². The fourth-order valence-electron chi connectivity index (χ4n) is 2.68. The molecule has 3 N–H and O–H groups in total. The van der Waals surface area contributed by atoms with Crippen molar-refractivity contribution in [3.8, 4) is 0 Å². The van der Waals surface area contributed by atoms with Gasteiger partial charge in [0.25, 0.3) is 0 Å². The van der Waals surface area contributed by atoms with Crippen molar-refractivity contribution in [3.63, 3.8) is 0 Å². The van der Waals surface area contributed by atoms with Gasteiger partial charge in [0, 0.05) is 6.04 Å². The Hall–Kier alpha value is -1.03. The van der Waals surface area contributed by atoms with Gasteiger partial charge in [-0.25, -0.2) is 4.98 Å². The van der Waals surface area contributed by atoms with Gasteiger partial charge >= 0.3 is 0 Å². The van der Waals surface area contributed by atoms with Crippen LogP contribution in [0.3, 0.4) is 0 Å². The molecule has 0 bridgehead atoms. The maximum Gasteiger partial charge on any atom is 0.224 e. The van der Waals surface area contributed by atoms with Crippen molar-refractivity contribution in [1.82, 2.24) is 9.97 Å². The number of rotatable bonds is 4. The molecule has 1 heterocycles. The SMILES string of the molecule is CCCC1CCC(Nc2nc(Cl)ncc2N)CC1. The van der Waals surface area contributed by atoms with Crippen molar-refractivity contribution in [2.75, 3.05) is 11.1 Å². The first-order chi connectivity index (χ1) is 8.69. The number of hydrogen-bond donors (Lipinski definition) is 2. The number of halogens is 1. The third-order valence-electron chi connectivity index (χ3n) is 3.67. The lowest BCUT2D eigenvalue weighted by Crippen LogP contribution is -2.27. The molecule has 0 atom stereocenters. The third kappa shape index (κ3) is 3.48. The van der Waals surface area contributed by atoms with Crippen molar-refractivity contribution in [3.05, 3.63) is 11.5 Å². The van der Waals surface area contributed by atoms with Gasteiger partial charge in [-0.05, 0) is 43.2 Å². The highest BCUT2D eigenvalue weighted by molar-refractivity contribution is 6.28. The highest BCUT2D eigenvalue weighted by atomic mass is 35.5. The monoisotopic (exact) mass is 268 g/mol. The summed E-state index contributed by atoms with van der Waals surface area (Å²) >= 11 is 5.78. The molecular formula is C13H21ClN4. The van der Waals surface area contributed by atoms with Gasteiger partial charge in [-0.15, -0.1) is 0 Å². The van der Waals surface area contributed by atoms with Crippen LogP contribution in [0.15, 0.2) is 6.20 Å². The lowest BCUT2D eigenvalue weighted by Gasteiger charge is -2.29. The molecule has 18 heavy (non-hydrogen) atoms. The predicted octanol–water partition coefficient (Wildman–Crippen LogP) is 3.48. The van der Waals surface area contributed by atoms with E-state index >= 15 is 0 Å². The van der Waals surface area contributed by atoms with Crippen molar-refractivity contribution in [2.45, 2.75) is 51.5 Å². The first-order valence-corrected chi connectivity index (χ1v) is 7.11. The number of nitrogens with one attached hydrogen (secondary N) is 1. The van der Waals surface area contributed by atoms with Crippen LogP contribution in [0.1, 0.15) is 45.4 Å². The normalized spacial score (nSPS) is 23.9. The van der Waals surface area contributed by atoms with Crippen LogP contribution < -0.4 is 11.1 Å². The zero-order chi connectivity index (χ0) is 13.0. The average Bonchev–Trinajstić information content (AvgIpc) is 2.37. The molecule has 0 amide bonds. The van der Waals surface area contributed by atoms with E-state index in [1.165, 1.54) is 38.5 Å². The van der Waals surface area contributed by atoms with E-state index in [0.29, 0.717) is 17.5 Å². The summed E-state index contributed by atoms with van der Waals surface area (Å²) in [5.74, 6) is 1.58. The molecule has 1 aliphatic rings. The molecule has 2 rings (SSSR count). The minimum Gasteiger partial charge on any atom is -0.394 e. The highest BCUT2D eigenvalue weighted by Gasteiger charge is 2.21. The van der Waals surface area contributed by atoms with Crippen molar-refractivity contribution < 1.29 is 0 Å². The van der Waals surface area contributed by atoms with Crippen LogP contribution in [-0.4, -0.2) is 16.0 Å². The van der Waals surface area contributed by atoms with Crippen LogP contribution >= 0.6 is 11.6 Å². The Kier molecular flexibility index (Phi) is 4.64. The first kappa shape index (κ1) is 13.4. The quantitative estimate of drug-likeness (QED) is 0.821. The molecule has 0 unspecified atom stereocenters.